The molecule has 1 atom stereocenters. The highest BCUT2D eigenvalue weighted by Gasteiger charge is 2.14. The molecule has 0 aromatic heterocycles. The normalized spacial score (nSPS) is 22.9. The van der Waals surface area contributed by atoms with Gasteiger partial charge < -0.3 is 5.32 Å². The van der Waals surface area contributed by atoms with Gasteiger partial charge in [-0.2, -0.15) is 0 Å². The lowest BCUT2D eigenvalue weighted by atomic mass is 9.94. The van der Waals surface area contributed by atoms with Gasteiger partial charge >= 0.3 is 0 Å². The third-order valence-electron chi connectivity index (χ3n) is 3.12. The van der Waals surface area contributed by atoms with Gasteiger partial charge in [0, 0.05) is 13.0 Å². The smallest absolute Gasteiger partial charge is 0.220 e. The van der Waals surface area contributed by atoms with E-state index in [4.69, 9.17) is 0 Å². The third-order valence-corrected chi connectivity index (χ3v) is 3.12. The molecule has 0 aliphatic carbocycles. The Bertz CT molecular complexity index is 168. The monoisotopic (exact) mass is 197 g/mol. The highest BCUT2D eigenvalue weighted by atomic mass is 16.1. The van der Waals surface area contributed by atoms with E-state index >= 15 is 0 Å². The molecule has 0 bridgehead atoms. The first-order valence-electron chi connectivity index (χ1n) is 6.09. The molecule has 1 amide bonds. The summed E-state index contributed by atoms with van der Waals surface area (Å²) in [5.41, 5.74) is 0. The van der Waals surface area contributed by atoms with E-state index in [1.54, 1.807) is 0 Å². The molecule has 1 aliphatic heterocycles. The summed E-state index contributed by atoms with van der Waals surface area (Å²) in [6.45, 7) is 3.14. The Balaban J connectivity index is 2.08. The summed E-state index contributed by atoms with van der Waals surface area (Å²) in [6, 6.07) is 0. The number of nitrogens with one attached hydrogen (secondary N) is 1. The summed E-state index contributed by atoms with van der Waals surface area (Å²) in [5.74, 6) is 1.05. The number of carbonyl (C=O) groups is 1. The second-order valence-electron chi connectivity index (χ2n) is 4.39. The molecule has 82 valence electrons. The van der Waals surface area contributed by atoms with E-state index < -0.39 is 0 Å². The average Bonchev–Trinajstić information content (AvgIpc) is 2.38. The number of amides is 1. The van der Waals surface area contributed by atoms with Gasteiger partial charge in [-0.25, -0.2) is 0 Å². The first-order chi connectivity index (χ1) is 6.83. The van der Waals surface area contributed by atoms with E-state index in [0.717, 1.165) is 25.3 Å². The van der Waals surface area contributed by atoms with Gasteiger partial charge in [-0.15, -0.1) is 0 Å². The van der Waals surface area contributed by atoms with Crippen LogP contribution in [0, 0.1) is 5.92 Å². The van der Waals surface area contributed by atoms with Crippen molar-refractivity contribution in [2.45, 2.75) is 58.3 Å². The van der Waals surface area contributed by atoms with Crippen LogP contribution in [0.15, 0.2) is 0 Å². The zero-order chi connectivity index (χ0) is 10.2. The van der Waals surface area contributed by atoms with Crippen LogP contribution in [-0.4, -0.2) is 12.5 Å². The second-order valence-corrected chi connectivity index (χ2v) is 4.39. The van der Waals surface area contributed by atoms with Crippen LogP contribution in [0.3, 0.4) is 0 Å². The molecule has 0 aromatic carbocycles. The summed E-state index contributed by atoms with van der Waals surface area (Å²) in [7, 11) is 0. The molecule has 1 rings (SSSR count). The van der Waals surface area contributed by atoms with Crippen LogP contribution in [0.4, 0.5) is 0 Å². The van der Waals surface area contributed by atoms with Gasteiger partial charge in [0.2, 0.25) is 5.91 Å². The topological polar surface area (TPSA) is 29.1 Å². The first-order valence-corrected chi connectivity index (χ1v) is 6.09. The molecule has 0 aromatic rings. The van der Waals surface area contributed by atoms with Crippen LogP contribution < -0.4 is 5.32 Å². The Morgan fingerprint density at radius 1 is 1.29 bits per heavy atom. The molecule has 14 heavy (non-hydrogen) atoms. The van der Waals surface area contributed by atoms with Crippen molar-refractivity contribution in [3.8, 4) is 0 Å². The predicted octanol–water partition coefficient (Wildman–Crippen LogP) is 2.87. The van der Waals surface area contributed by atoms with Crippen LogP contribution >= 0.6 is 0 Å². The Labute approximate surface area is 87.5 Å². The number of hydrogen-bond acceptors (Lipinski definition) is 1. The van der Waals surface area contributed by atoms with E-state index in [9.17, 15) is 4.79 Å². The molecule has 0 radical (unpaired) electrons. The lowest BCUT2D eigenvalue weighted by Gasteiger charge is -2.12. The van der Waals surface area contributed by atoms with E-state index in [0.29, 0.717) is 0 Å². The highest BCUT2D eigenvalue weighted by Crippen LogP contribution is 2.20. The highest BCUT2D eigenvalue weighted by molar-refractivity contribution is 5.76. The molecule has 1 saturated heterocycles. The van der Waals surface area contributed by atoms with Crippen LogP contribution in [0.2, 0.25) is 0 Å². The van der Waals surface area contributed by atoms with Gasteiger partial charge in [-0.1, -0.05) is 39.0 Å². The van der Waals surface area contributed by atoms with Crippen molar-refractivity contribution in [3.63, 3.8) is 0 Å². The van der Waals surface area contributed by atoms with Crippen LogP contribution in [0.25, 0.3) is 0 Å². The minimum Gasteiger partial charge on any atom is -0.356 e. The Morgan fingerprint density at radius 2 is 2.14 bits per heavy atom. The molecule has 2 heteroatoms. The molecule has 1 N–H and O–H groups in total. The average molecular weight is 197 g/mol. The van der Waals surface area contributed by atoms with E-state index in [1.165, 1.54) is 38.5 Å². The van der Waals surface area contributed by atoms with Crippen molar-refractivity contribution in [2.75, 3.05) is 6.54 Å². The maximum absolute atomic E-state index is 11.1. The number of hydrogen-bond donors (Lipinski definition) is 1. The van der Waals surface area contributed by atoms with Gasteiger partial charge in [-0.05, 0) is 18.8 Å². The van der Waals surface area contributed by atoms with Crippen molar-refractivity contribution in [1.29, 1.82) is 0 Å². The molecule has 2 nitrogen and oxygen atoms in total. The van der Waals surface area contributed by atoms with Gasteiger partial charge in [-0.3, -0.25) is 4.79 Å². The van der Waals surface area contributed by atoms with Crippen molar-refractivity contribution >= 4 is 5.91 Å². The quantitative estimate of drug-likeness (QED) is 0.675. The first kappa shape index (κ1) is 11.5. The fourth-order valence-corrected chi connectivity index (χ4v) is 2.13. The van der Waals surface area contributed by atoms with E-state index in [2.05, 4.69) is 12.2 Å². The van der Waals surface area contributed by atoms with E-state index in [-0.39, 0.29) is 5.91 Å². The SMILES string of the molecule is CCCCCCC1CCNC(=O)CC1. The third kappa shape index (κ3) is 4.64. The van der Waals surface area contributed by atoms with Gasteiger partial charge in [0.1, 0.15) is 0 Å². The molecular weight excluding hydrogens is 174 g/mol. The molecule has 1 fully saturated rings. The van der Waals surface area contributed by atoms with Gasteiger partial charge in [0.25, 0.3) is 0 Å². The van der Waals surface area contributed by atoms with Crippen molar-refractivity contribution < 1.29 is 4.79 Å². The maximum atomic E-state index is 11.1. The molecule has 0 saturated carbocycles. The second kappa shape index (κ2) is 6.86. The minimum absolute atomic E-state index is 0.251. The number of rotatable bonds is 5. The number of carbonyl (C=O) groups excluding carboxylic acids is 1. The Morgan fingerprint density at radius 3 is 2.93 bits per heavy atom. The lowest BCUT2D eigenvalue weighted by molar-refractivity contribution is -0.120. The standard InChI is InChI=1S/C12H23NO/c1-2-3-4-5-6-11-7-8-12(14)13-10-9-11/h11H,2-10H2,1H3,(H,13,14). The summed E-state index contributed by atoms with van der Waals surface area (Å²) in [6.07, 6.45) is 9.78. The summed E-state index contributed by atoms with van der Waals surface area (Å²) >= 11 is 0. The van der Waals surface area contributed by atoms with Crippen LogP contribution in [0.1, 0.15) is 58.3 Å². The van der Waals surface area contributed by atoms with Crippen molar-refractivity contribution in [3.05, 3.63) is 0 Å². The Kier molecular flexibility index (Phi) is 5.65. The van der Waals surface area contributed by atoms with Crippen LogP contribution in [0.5, 0.6) is 0 Å². The predicted molar refractivity (Wildman–Crippen MR) is 59.1 cm³/mol. The molecule has 1 heterocycles. The van der Waals surface area contributed by atoms with Gasteiger partial charge in [0.05, 0.1) is 0 Å². The van der Waals surface area contributed by atoms with Crippen molar-refractivity contribution in [2.24, 2.45) is 5.92 Å². The van der Waals surface area contributed by atoms with Crippen LogP contribution in [-0.2, 0) is 4.79 Å². The zero-order valence-electron chi connectivity index (χ0n) is 9.35. The Hall–Kier alpha value is -0.530. The summed E-state index contributed by atoms with van der Waals surface area (Å²) < 4.78 is 0. The molecular formula is C12H23NO. The fraction of sp³-hybridized carbons (Fsp3) is 0.917. The lowest BCUT2D eigenvalue weighted by Crippen LogP contribution is -2.21. The molecule has 1 unspecified atom stereocenters. The zero-order valence-corrected chi connectivity index (χ0v) is 9.35. The number of unbranched alkanes of at least 4 members (excludes halogenated alkanes) is 3. The fourth-order valence-electron chi connectivity index (χ4n) is 2.13. The molecule has 0 spiro atoms. The van der Waals surface area contributed by atoms with E-state index in [1.807, 2.05) is 0 Å². The maximum Gasteiger partial charge on any atom is 0.220 e. The molecule has 1 aliphatic rings. The van der Waals surface area contributed by atoms with Gasteiger partial charge in [0.15, 0.2) is 0 Å². The summed E-state index contributed by atoms with van der Waals surface area (Å²) in [5, 5.41) is 2.94. The van der Waals surface area contributed by atoms with Crippen molar-refractivity contribution in [1.82, 2.24) is 5.32 Å². The summed E-state index contributed by atoms with van der Waals surface area (Å²) in [4.78, 5) is 11.1. The minimum atomic E-state index is 0.251. The largest absolute Gasteiger partial charge is 0.356 e.